The average Bonchev–Trinajstić information content (AvgIpc) is 2.59. The maximum absolute atomic E-state index is 12.2. The zero-order valence-electron chi connectivity index (χ0n) is 13.9. The minimum Gasteiger partial charge on any atom is -0.488 e. The summed E-state index contributed by atoms with van der Waals surface area (Å²) < 4.78 is 5.85. The first kappa shape index (κ1) is 19.1. The van der Waals surface area contributed by atoms with Crippen LogP contribution in [0, 0.1) is 0 Å². The summed E-state index contributed by atoms with van der Waals surface area (Å²) in [4.78, 5) is 12.2. The Morgan fingerprint density at radius 1 is 1.04 bits per heavy atom. The zero-order chi connectivity index (χ0) is 16.9. The number of ether oxygens (including phenoxy) is 1. The van der Waals surface area contributed by atoms with Gasteiger partial charge in [0, 0.05) is 16.9 Å². The van der Waals surface area contributed by atoms with E-state index in [-0.39, 0.29) is 24.4 Å². The minimum absolute atomic E-state index is 0. The Hall–Kier alpha value is -2.24. The highest BCUT2D eigenvalue weighted by Crippen LogP contribution is 2.25. The second kappa shape index (κ2) is 8.74. The van der Waals surface area contributed by atoms with Crippen LogP contribution in [0.2, 0.25) is 0 Å². The first-order valence-corrected chi connectivity index (χ1v) is 8.23. The van der Waals surface area contributed by atoms with Gasteiger partial charge >= 0.3 is 0 Å². The number of aliphatic hydroxyl groups excluding tert-OH is 1. The number of rotatable bonds is 4. The molecule has 5 nitrogen and oxygen atoms in total. The monoisotopic (exact) mass is 362 g/mol. The van der Waals surface area contributed by atoms with Gasteiger partial charge in [-0.1, -0.05) is 6.42 Å². The molecule has 0 saturated heterocycles. The highest BCUT2D eigenvalue weighted by molar-refractivity contribution is 6.04. The smallest absolute Gasteiger partial charge is 0.255 e. The van der Waals surface area contributed by atoms with Crippen molar-refractivity contribution in [1.82, 2.24) is 0 Å². The fourth-order valence-electron chi connectivity index (χ4n) is 2.84. The molecular formula is C19H23ClN2O3. The van der Waals surface area contributed by atoms with Crippen molar-refractivity contribution in [3.8, 4) is 5.75 Å². The number of nitrogens with two attached hydrogens (primary N) is 1. The summed E-state index contributed by atoms with van der Waals surface area (Å²) in [5.41, 5.74) is 7.48. The molecular weight excluding hydrogens is 340 g/mol. The number of aliphatic hydroxyl groups is 1. The number of carbonyl (C=O) groups is 1. The van der Waals surface area contributed by atoms with Gasteiger partial charge in [0.15, 0.2) is 0 Å². The van der Waals surface area contributed by atoms with Gasteiger partial charge in [-0.15, -0.1) is 12.4 Å². The van der Waals surface area contributed by atoms with Crippen LogP contribution in [0.15, 0.2) is 48.5 Å². The van der Waals surface area contributed by atoms with E-state index in [1.807, 2.05) is 0 Å². The van der Waals surface area contributed by atoms with Crippen LogP contribution in [-0.2, 0) is 0 Å². The van der Waals surface area contributed by atoms with E-state index in [2.05, 4.69) is 5.32 Å². The van der Waals surface area contributed by atoms with Gasteiger partial charge in [0.25, 0.3) is 5.91 Å². The van der Waals surface area contributed by atoms with E-state index in [1.54, 1.807) is 48.5 Å². The molecule has 0 radical (unpaired) electrons. The van der Waals surface area contributed by atoms with E-state index in [0.717, 1.165) is 25.7 Å². The fraction of sp³-hybridized carbons (Fsp3) is 0.316. The summed E-state index contributed by atoms with van der Waals surface area (Å²) in [5, 5.41) is 12.8. The SMILES string of the molecule is Cl.Nc1ccc(C(=O)Nc2ccc(OC3CCCCC3O)cc2)cc1. The molecule has 0 spiro atoms. The molecule has 2 aromatic carbocycles. The molecule has 1 saturated carbocycles. The Morgan fingerprint density at radius 3 is 2.32 bits per heavy atom. The quantitative estimate of drug-likeness (QED) is 0.725. The molecule has 25 heavy (non-hydrogen) atoms. The highest BCUT2D eigenvalue weighted by atomic mass is 35.5. The standard InChI is InChI=1S/C19H22N2O3.ClH/c20-14-7-5-13(6-8-14)19(23)21-15-9-11-16(12-10-15)24-18-4-2-1-3-17(18)22;/h5-12,17-18,22H,1-4,20H2,(H,21,23);1H. The van der Waals surface area contributed by atoms with Gasteiger partial charge in [0.1, 0.15) is 11.9 Å². The molecule has 2 aromatic rings. The van der Waals surface area contributed by atoms with Crippen LogP contribution in [0.25, 0.3) is 0 Å². The number of anilines is 2. The molecule has 3 rings (SSSR count). The normalized spacial score (nSPS) is 19.6. The second-order valence-corrected chi connectivity index (χ2v) is 6.11. The maximum Gasteiger partial charge on any atom is 0.255 e. The van der Waals surface area contributed by atoms with Gasteiger partial charge in [0.05, 0.1) is 6.10 Å². The van der Waals surface area contributed by atoms with Crippen molar-refractivity contribution in [2.75, 3.05) is 11.1 Å². The van der Waals surface area contributed by atoms with Crippen molar-refractivity contribution in [3.05, 3.63) is 54.1 Å². The van der Waals surface area contributed by atoms with E-state index in [4.69, 9.17) is 10.5 Å². The molecule has 1 aliphatic carbocycles. The molecule has 134 valence electrons. The fourth-order valence-corrected chi connectivity index (χ4v) is 2.84. The number of nitrogens with one attached hydrogen (secondary N) is 1. The first-order chi connectivity index (χ1) is 11.6. The van der Waals surface area contributed by atoms with Gasteiger partial charge in [-0.3, -0.25) is 4.79 Å². The number of halogens is 1. The summed E-state index contributed by atoms with van der Waals surface area (Å²) in [6.45, 7) is 0. The van der Waals surface area contributed by atoms with Crippen LogP contribution < -0.4 is 15.8 Å². The minimum atomic E-state index is -0.399. The molecule has 2 atom stereocenters. The lowest BCUT2D eigenvalue weighted by atomic mass is 9.95. The summed E-state index contributed by atoms with van der Waals surface area (Å²) >= 11 is 0. The van der Waals surface area contributed by atoms with Gasteiger partial charge in [-0.05, 0) is 67.8 Å². The van der Waals surface area contributed by atoms with Gasteiger partial charge < -0.3 is 20.9 Å². The van der Waals surface area contributed by atoms with E-state index in [0.29, 0.717) is 22.7 Å². The molecule has 1 amide bonds. The molecule has 0 heterocycles. The third-order valence-electron chi connectivity index (χ3n) is 4.24. The van der Waals surface area contributed by atoms with Crippen LogP contribution in [0.4, 0.5) is 11.4 Å². The first-order valence-electron chi connectivity index (χ1n) is 8.23. The molecule has 4 N–H and O–H groups in total. The third kappa shape index (κ3) is 5.11. The molecule has 0 bridgehead atoms. The van der Waals surface area contributed by atoms with E-state index in [9.17, 15) is 9.90 Å². The van der Waals surface area contributed by atoms with Crippen molar-refractivity contribution in [1.29, 1.82) is 0 Å². The summed E-state index contributed by atoms with van der Waals surface area (Å²) in [5.74, 6) is 0.512. The predicted molar refractivity (Wildman–Crippen MR) is 101 cm³/mol. The largest absolute Gasteiger partial charge is 0.488 e. The number of hydrogen-bond donors (Lipinski definition) is 3. The number of hydrogen-bond acceptors (Lipinski definition) is 4. The predicted octanol–water partition coefficient (Wildman–Crippen LogP) is 3.63. The Bertz CT molecular complexity index is 689. The number of amides is 1. The van der Waals surface area contributed by atoms with Crippen molar-refractivity contribution in [2.24, 2.45) is 0 Å². The number of nitrogen functional groups attached to an aromatic ring is 1. The molecule has 0 aromatic heterocycles. The highest BCUT2D eigenvalue weighted by Gasteiger charge is 2.24. The van der Waals surface area contributed by atoms with E-state index in [1.165, 1.54) is 0 Å². The van der Waals surface area contributed by atoms with Gasteiger partial charge in [-0.25, -0.2) is 0 Å². The van der Waals surface area contributed by atoms with Gasteiger partial charge in [0.2, 0.25) is 0 Å². The average molecular weight is 363 g/mol. The van der Waals surface area contributed by atoms with Crippen molar-refractivity contribution < 1.29 is 14.6 Å². The van der Waals surface area contributed by atoms with Crippen LogP contribution in [0.1, 0.15) is 36.0 Å². The molecule has 1 fully saturated rings. The van der Waals surface area contributed by atoms with Crippen LogP contribution in [-0.4, -0.2) is 23.2 Å². The van der Waals surface area contributed by atoms with Crippen molar-refractivity contribution in [3.63, 3.8) is 0 Å². The second-order valence-electron chi connectivity index (χ2n) is 6.11. The Balaban J connectivity index is 0.00000225. The number of carbonyl (C=O) groups excluding carboxylic acids is 1. The van der Waals surface area contributed by atoms with Crippen molar-refractivity contribution in [2.45, 2.75) is 37.9 Å². The molecule has 2 unspecified atom stereocenters. The lowest BCUT2D eigenvalue weighted by Crippen LogP contribution is -2.34. The van der Waals surface area contributed by atoms with Gasteiger partial charge in [-0.2, -0.15) is 0 Å². The lowest BCUT2D eigenvalue weighted by Gasteiger charge is -2.28. The summed E-state index contributed by atoms with van der Waals surface area (Å²) in [6.07, 6.45) is 3.25. The Morgan fingerprint density at radius 2 is 1.68 bits per heavy atom. The van der Waals surface area contributed by atoms with E-state index < -0.39 is 6.10 Å². The summed E-state index contributed by atoms with van der Waals surface area (Å²) in [7, 11) is 0. The summed E-state index contributed by atoms with van der Waals surface area (Å²) in [6, 6.07) is 14.0. The maximum atomic E-state index is 12.2. The Labute approximate surface area is 153 Å². The third-order valence-corrected chi connectivity index (χ3v) is 4.24. The van der Waals surface area contributed by atoms with Crippen LogP contribution in [0.3, 0.4) is 0 Å². The molecule has 6 heteroatoms. The molecule has 1 aliphatic rings. The number of benzene rings is 2. The van der Waals surface area contributed by atoms with Crippen LogP contribution in [0.5, 0.6) is 5.75 Å². The van der Waals surface area contributed by atoms with E-state index >= 15 is 0 Å². The topological polar surface area (TPSA) is 84.6 Å². The zero-order valence-corrected chi connectivity index (χ0v) is 14.7. The lowest BCUT2D eigenvalue weighted by molar-refractivity contribution is 0.00688. The Kier molecular flexibility index (Phi) is 6.67. The molecule has 0 aliphatic heterocycles. The van der Waals surface area contributed by atoms with Crippen molar-refractivity contribution >= 4 is 29.7 Å². The van der Waals surface area contributed by atoms with Crippen LogP contribution >= 0.6 is 12.4 Å².